The number of fused-ring (bicyclic) bond motifs is 2. The van der Waals surface area contributed by atoms with Gasteiger partial charge in [0.25, 0.3) is 0 Å². The number of anilines is 1. The van der Waals surface area contributed by atoms with Crippen LogP contribution in [0.1, 0.15) is 26.3 Å². The van der Waals surface area contributed by atoms with Gasteiger partial charge in [0.15, 0.2) is 5.41 Å². The van der Waals surface area contributed by atoms with E-state index in [0.29, 0.717) is 11.3 Å². The molecule has 3 rings (SSSR count). The number of carbonyl (C=O) groups excluding carboxylic acids is 3. The van der Waals surface area contributed by atoms with Gasteiger partial charge in [0, 0.05) is 11.3 Å². The summed E-state index contributed by atoms with van der Waals surface area (Å²) in [5.41, 5.74) is 4.75. The second-order valence-electron chi connectivity index (χ2n) is 6.87. The van der Waals surface area contributed by atoms with Gasteiger partial charge in [-0.3, -0.25) is 0 Å². The van der Waals surface area contributed by atoms with Crippen LogP contribution in [0.4, 0.5) is 5.69 Å². The van der Waals surface area contributed by atoms with E-state index in [1.165, 1.54) is 13.0 Å². The monoisotopic (exact) mass is 398 g/mol. The summed E-state index contributed by atoms with van der Waals surface area (Å²) in [7, 11) is 0. The first-order valence-electron chi connectivity index (χ1n) is 9.04. The minimum Gasteiger partial charge on any atom is -0.459 e. The molecular formula is C21H22N2O6. The number of cyclic esters (lactones) is 1. The zero-order valence-electron chi connectivity index (χ0n) is 16.4. The van der Waals surface area contributed by atoms with Crippen LogP contribution in [-0.4, -0.2) is 30.6 Å². The summed E-state index contributed by atoms with van der Waals surface area (Å²) in [5, 5.41) is 2.91. The number of rotatable bonds is 5. The Hall–Kier alpha value is -3.55. The van der Waals surface area contributed by atoms with E-state index in [0.717, 1.165) is 0 Å². The molecule has 1 atom stereocenters. The van der Waals surface area contributed by atoms with Gasteiger partial charge in [0.2, 0.25) is 0 Å². The van der Waals surface area contributed by atoms with Gasteiger partial charge in [-0.2, -0.15) is 0 Å². The predicted octanol–water partition coefficient (Wildman–Crippen LogP) is 2.03. The number of allylic oxidation sites excluding steroid dienone is 1. The van der Waals surface area contributed by atoms with Crippen molar-refractivity contribution >= 4 is 23.6 Å². The minimum absolute atomic E-state index is 0.0309. The van der Waals surface area contributed by atoms with Gasteiger partial charge in [0.1, 0.15) is 29.3 Å². The van der Waals surface area contributed by atoms with Gasteiger partial charge in [-0.05, 0) is 26.8 Å². The number of ether oxygens (including phenoxy) is 3. The average Bonchev–Trinajstić information content (AvgIpc) is 2.89. The molecule has 2 aliphatic heterocycles. The highest BCUT2D eigenvalue weighted by atomic mass is 16.6. The third kappa shape index (κ3) is 3.06. The molecule has 1 aromatic carbocycles. The Morgan fingerprint density at radius 1 is 1.28 bits per heavy atom. The molecule has 0 bridgehead atoms. The molecule has 8 heteroatoms. The van der Waals surface area contributed by atoms with Crippen molar-refractivity contribution < 1.29 is 28.6 Å². The molecule has 0 amide bonds. The van der Waals surface area contributed by atoms with E-state index in [1.807, 2.05) is 0 Å². The molecule has 8 nitrogen and oxygen atoms in total. The van der Waals surface area contributed by atoms with E-state index >= 15 is 0 Å². The summed E-state index contributed by atoms with van der Waals surface area (Å²) in [6.07, 6.45) is 0.919. The quantitative estimate of drug-likeness (QED) is 0.440. The highest BCUT2D eigenvalue weighted by Gasteiger charge is 2.62. The molecule has 152 valence electrons. The van der Waals surface area contributed by atoms with Crippen molar-refractivity contribution in [2.45, 2.75) is 32.3 Å². The maximum absolute atomic E-state index is 13.2. The van der Waals surface area contributed by atoms with E-state index < -0.39 is 29.4 Å². The molecule has 0 saturated carbocycles. The Morgan fingerprint density at radius 3 is 2.62 bits per heavy atom. The molecule has 0 unspecified atom stereocenters. The molecule has 0 saturated heterocycles. The van der Waals surface area contributed by atoms with Crippen LogP contribution in [0, 0.1) is 0 Å². The smallest absolute Gasteiger partial charge is 0.339 e. The first-order valence-corrected chi connectivity index (χ1v) is 9.04. The lowest BCUT2D eigenvalue weighted by atomic mass is 9.67. The van der Waals surface area contributed by atoms with Crippen molar-refractivity contribution in [3.05, 3.63) is 65.2 Å². The van der Waals surface area contributed by atoms with Gasteiger partial charge >= 0.3 is 17.9 Å². The second-order valence-corrected chi connectivity index (χ2v) is 6.87. The summed E-state index contributed by atoms with van der Waals surface area (Å²) < 4.78 is 15.9. The average molecular weight is 398 g/mol. The van der Waals surface area contributed by atoms with Crippen molar-refractivity contribution in [2.24, 2.45) is 5.73 Å². The van der Waals surface area contributed by atoms with Crippen molar-refractivity contribution in [1.82, 2.24) is 0 Å². The molecule has 0 radical (unpaired) electrons. The summed E-state index contributed by atoms with van der Waals surface area (Å²) in [5.74, 6) is -2.54. The van der Waals surface area contributed by atoms with Gasteiger partial charge in [-0.1, -0.05) is 30.9 Å². The topological polar surface area (TPSA) is 117 Å². The van der Waals surface area contributed by atoms with Crippen molar-refractivity contribution in [3.63, 3.8) is 0 Å². The first kappa shape index (κ1) is 20.2. The van der Waals surface area contributed by atoms with Crippen LogP contribution in [0.15, 0.2) is 59.6 Å². The summed E-state index contributed by atoms with van der Waals surface area (Å²) in [4.78, 5) is 39.2. The van der Waals surface area contributed by atoms with E-state index in [9.17, 15) is 14.4 Å². The zero-order chi connectivity index (χ0) is 21.3. The van der Waals surface area contributed by atoms with Crippen LogP contribution in [0.25, 0.3) is 0 Å². The van der Waals surface area contributed by atoms with Crippen molar-refractivity contribution in [3.8, 4) is 0 Å². The highest BCUT2D eigenvalue weighted by Crippen LogP contribution is 2.52. The summed E-state index contributed by atoms with van der Waals surface area (Å²) >= 11 is 0. The third-order valence-corrected chi connectivity index (χ3v) is 4.61. The fourth-order valence-electron chi connectivity index (χ4n) is 3.61. The lowest BCUT2D eigenvalue weighted by Gasteiger charge is -2.36. The number of esters is 3. The SMILES string of the molecule is C=CCOC(=O)C1=C(C)OC(=O)[C@@]12C(C(=O)OC(C)C)=C(N)Nc1ccccc12. The predicted molar refractivity (Wildman–Crippen MR) is 104 cm³/mol. The standard InChI is InChI=1S/C21H22N2O6/c1-5-10-27-18(24)15-12(4)29-20(26)21(15)13-8-6-7-9-14(13)23-17(22)16(21)19(25)28-11(2)3/h5-9,11,23H,1,10,22H2,2-4H3/t21-/m1/s1. The van der Waals surface area contributed by atoms with E-state index in [2.05, 4.69) is 11.9 Å². The number of para-hydroxylation sites is 1. The molecule has 2 aliphatic rings. The van der Waals surface area contributed by atoms with E-state index in [-0.39, 0.29) is 29.3 Å². The second kappa shape index (κ2) is 7.46. The highest BCUT2D eigenvalue weighted by molar-refractivity contribution is 6.15. The molecule has 0 fully saturated rings. The molecule has 1 spiro atoms. The molecular weight excluding hydrogens is 376 g/mol. The number of carbonyl (C=O) groups is 3. The Labute approximate surface area is 168 Å². The minimum atomic E-state index is -1.90. The largest absolute Gasteiger partial charge is 0.459 e. The summed E-state index contributed by atoms with van der Waals surface area (Å²) in [6, 6.07) is 6.72. The van der Waals surface area contributed by atoms with Gasteiger partial charge in [0.05, 0.1) is 6.10 Å². The number of hydrogen-bond acceptors (Lipinski definition) is 8. The molecule has 2 heterocycles. The first-order chi connectivity index (χ1) is 13.7. The number of nitrogens with one attached hydrogen (secondary N) is 1. The lowest BCUT2D eigenvalue weighted by molar-refractivity contribution is -0.148. The Morgan fingerprint density at radius 2 is 1.97 bits per heavy atom. The van der Waals surface area contributed by atoms with E-state index in [4.69, 9.17) is 19.9 Å². The Balaban J connectivity index is 2.32. The van der Waals surface area contributed by atoms with Crippen molar-refractivity contribution in [2.75, 3.05) is 11.9 Å². The Bertz CT molecular complexity index is 975. The van der Waals surface area contributed by atoms with Crippen LogP contribution in [0.5, 0.6) is 0 Å². The van der Waals surface area contributed by atoms with E-state index in [1.54, 1.807) is 38.1 Å². The fourth-order valence-corrected chi connectivity index (χ4v) is 3.61. The maximum atomic E-state index is 13.2. The fraction of sp³-hybridized carbons (Fsp3) is 0.286. The van der Waals surface area contributed by atoms with Crippen LogP contribution in [-0.2, 0) is 34.0 Å². The summed E-state index contributed by atoms with van der Waals surface area (Å²) in [6.45, 7) is 8.23. The lowest BCUT2D eigenvalue weighted by Crippen LogP contribution is -2.48. The van der Waals surface area contributed by atoms with Crippen LogP contribution in [0.2, 0.25) is 0 Å². The number of nitrogens with two attached hydrogens (primary N) is 1. The zero-order valence-corrected chi connectivity index (χ0v) is 16.4. The third-order valence-electron chi connectivity index (χ3n) is 4.61. The molecule has 3 N–H and O–H groups in total. The molecule has 1 aromatic rings. The Kier molecular flexibility index (Phi) is 5.19. The van der Waals surface area contributed by atoms with Crippen molar-refractivity contribution in [1.29, 1.82) is 0 Å². The number of hydrogen-bond donors (Lipinski definition) is 2. The molecule has 29 heavy (non-hydrogen) atoms. The van der Waals surface area contributed by atoms with Gasteiger partial charge in [-0.25, -0.2) is 14.4 Å². The van der Waals surface area contributed by atoms with Gasteiger partial charge in [-0.15, -0.1) is 0 Å². The normalized spacial score (nSPS) is 20.3. The number of benzene rings is 1. The maximum Gasteiger partial charge on any atom is 0.339 e. The molecule has 0 aromatic heterocycles. The van der Waals surface area contributed by atoms with Crippen LogP contribution >= 0.6 is 0 Å². The van der Waals surface area contributed by atoms with Crippen LogP contribution in [0.3, 0.4) is 0 Å². The molecule has 0 aliphatic carbocycles. The van der Waals surface area contributed by atoms with Crippen LogP contribution < -0.4 is 11.1 Å². The van der Waals surface area contributed by atoms with Gasteiger partial charge < -0.3 is 25.3 Å².